The third-order valence-electron chi connectivity index (χ3n) is 5.16. The predicted molar refractivity (Wildman–Crippen MR) is 114 cm³/mol. The normalized spacial score (nSPS) is 12.0. The van der Waals surface area contributed by atoms with Crippen LogP contribution in [0.5, 0.6) is 0 Å². The molecule has 0 aliphatic rings. The van der Waals surface area contributed by atoms with Crippen molar-refractivity contribution in [2.45, 2.75) is 41.5 Å². The summed E-state index contributed by atoms with van der Waals surface area (Å²) >= 11 is 0. The van der Waals surface area contributed by atoms with Crippen molar-refractivity contribution >= 4 is 18.3 Å². The van der Waals surface area contributed by atoms with Gasteiger partial charge in [-0.25, -0.2) is 0 Å². The Kier molecular flexibility index (Phi) is 5.68. The minimum atomic E-state index is -3.09. The molecule has 0 heterocycles. The Hall–Kier alpha value is -2.05. The summed E-state index contributed by atoms with van der Waals surface area (Å²) in [6.45, 7) is 17.5. The monoisotopic (exact) mass is 368 g/mol. The van der Waals surface area contributed by atoms with Crippen molar-refractivity contribution in [2.24, 2.45) is 0 Å². The van der Waals surface area contributed by atoms with Gasteiger partial charge >= 0.3 is 157 Å². The Bertz CT molecular complexity index is 806. The van der Waals surface area contributed by atoms with Gasteiger partial charge in [0.25, 0.3) is 0 Å². The molecule has 0 saturated carbocycles. The summed E-state index contributed by atoms with van der Waals surface area (Å²) in [6.07, 6.45) is 0. The number of aryl methyl sites for hydroxylation is 6. The average molecular weight is 368 g/mol. The van der Waals surface area contributed by atoms with Gasteiger partial charge in [-0.2, -0.15) is 0 Å². The number of carbonyl (C=O) groups is 2. The molecule has 2 nitrogen and oxygen atoms in total. The van der Waals surface area contributed by atoms with Crippen molar-refractivity contribution in [2.75, 3.05) is 6.66 Å². The zero-order valence-corrected chi connectivity index (χ0v) is 17.9. The van der Waals surface area contributed by atoms with Crippen LogP contribution in [0.2, 0.25) is 0 Å². The van der Waals surface area contributed by atoms with E-state index in [0.717, 1.165) is 33.4 Å². The molecular formula is C23H29O2P. The average Bonchev–Trinajstić information content (AvgIpc) is 2.51. The molecule has 0 atom stereocenters. The van der Waals surface area contributed by atoms with Crippen LogP contribution in [0.3, 0.4) is 0 Å². The molecule has 0 saturated heterocycles. The Morgan fingerprint density at radius 2 is 1.00 bits per heavy atom. The van der Waals surface area contributed by atoms with Crippen LogP contribution in [0.1, 0.15) is 54.1 Å². The van der Waals surface area contributed by atoms with Crippen molar-refractivity contribution in [3.05, 3.63) is 81.2 Å². The molecule has 0 bridgehead atoms. The first-order valence-corrected chi connectivity index (χ1v) is 11.5. The van der Waals surface area contributed by atoms with Gasteiger partial charge in [-0.1, -0.05) is 0 Å². The predicted octanol–water partition coefficient (Wildman–Crippen LogP) is 6.04. The fraction of sp³-hybridized carbons (Fsp3) is 0.304. The van der Waals surface area contributed by atoms with Gasteiger partial charge in [0, 0.05) is 0 Å². The van der Waals surface area contributed by atoms with Gasteiger partial charge in [-0.05, 0) is 0 Å². The summed E-state index contributed by atoms with van der Waals surface area (Å²) in [7, 11) is -3.09. The van der Waals surface area contributed by atoms with Crippen molar-refractivity contribution in [1.82, 2.24) is 0 Å². The molecule has 26 heavy (non-hydrogen) atoms. The molecule has 2 aromatic carbocycles. The van der Waals surface area contributed by atoms with Crippen LogP contribution in [-0.4, -0.2) is 17.7 Å². The molecule has 0 N–H and O–H groups in total. The Morgan fingerprint density at radius 1 is 0.731 bits per heavy atom. The van der Waals surface area contributed by atoms with E-state index < -0.39 is 7.26 Å². The van der Waals surface area contributed by atoms with Crippen LogP contribution < -0.4 is 0 Å². The van der Waals surface area contributed by atoms with E-state index in [2.05, 4.69) is 6.58 Å². The summed E-state index contributed by atoms with van der Waals surface area (Å²) in [5.74, 6) is 1.63. The molecule has 138 valence electrons. The van der Waals surface area contributed by atoms with Crippen LogP contribution in [0.25, 0.3) is 0 Å². The van der Waals surface area contributed by atoms with E-state index in [-0.39, 0.29) is 11.0 Å². The molecule has 2 rings (SSSR count). The van der Waals surface area contributed by atoms with Gasteiger partial charge in [-0.15, -0.1) is 0 Å². The van der Waals surface area contributed by atoms with E-state index in [9.17, 15) is 9.59 Å². The second-order valence-corrected chi connectivity index (χ2v) is 11.3. The van der Waals surface area contributed by atoms with Crippen LogP contribution in [0.15, 0.2) is 36.7 Å². The number of hydrogen-bond acceptors (Lipinski definition) is 2. The second-order valence-electron chi connectivity index (χ2n) is 7.61. The number of carbonyl (C=O) groups excluding carboxylic acids is 2. The van der Waals surface area contributed by atoms with Gasteiger partial charge in [0.15, 0.2) is 0 Å². The standard InChI is InChI=1S/C23H29O2P/c1-9-26(8,22(24)20-16(4)10-14(2)11-17(20)5)23(25)21-18(6)12-15(3)13-19(21)7/h9-13,26H,1H2,2-8H3. The fourth-order valence-electron chi connectivity index (χ4n) is 3.88. The van der Waals surface area contributed by atoms with E-state index in [1.165, 1.54) is 0 Å². The Morgan fingerprint density at radius 3 is 1.23 bits per heavy atom. The first-order chi connectivity index (χ1) is 12.0. The Labute approximate surface area is 157 Å². The molecule has 0 aromatic heterocycles. The van der Waals surface area contributed by atoms with Crippen molar-refractivity contribution < 1.29 is 9.59 Å². The maximum atomic E-state index is 13.5. The van der Waals surface area contributed by atoms with E-state index in [1.54, 1.807) is 5.82 Å². The quantitative estimate of drug-likeness (QED) is 0.603. The van der Waals surface area contributed by atoms with E-state index >= 15 is 0 Å². The number of hydrogen-bond donors (Lipinski definition) is 0. The molecule has 3 heteroatoms. The summed E-state index contributed by atoms with van der Waals surface area (Å²) in [4.78, 5) is 27.0. The number of rotatable bonds is 5. The van der Waals surface area contributed by atoms with Crippen LogP contribution in [0, 0.1) is 41.5 Å². The number of benzene rings is 2. The van der Waals surface area contributed by atoms with E-state index in [4.69, 9.17) is 0 Å². The van der Waals surface area contributed by atoms with Crippen LogP contribution >= 0.6 is 7.26 Å². The van der Waals surface area contributed by atoms with Crippen molar-refractivity contribution in [3.8, 4) is 0 Å². The molecule has 0 aliphatic carbocycles. The van der Waals surface area contributed by atoms with Crippen molar-refractivity contribution in [3.63, 3.8) is 0 Å². The van der Waals surface area contributed by atoms with Crippen LogP contribution in [-0.2, 0) is 0 Å². The molecule has 0 fully saturated rings. The topological polar surface area (TPSA) is 34.1 Å². The van der Waals surface area contributed by atoms with Gasteiger partial charge in [0.2, 0.25) is 0 Å². The van der Waals surface area contributed by atoms with Gasteiger partial charge in [0.05, 0.1) is 0 Å². The summed E-state index contributed by atoms with van der Waals surface area (Å²) in [5, 5.41) is 0. The SMILES string of the molecule is C=C[PH](C)(C(=O)c1c(C)cc(C)cc1C)C(=O)c1c(C)cc(C)cc1C. The minimum absolute atomic E-state index is 0.0492. The van der Waals surface area contributed by atoms with Crippen LogP contribution in [0.4, 0.5) is 0 Å². The zero-order chi connectivity index (χ0) is 19.8. The Balaban J connectivity index is 2.64. The fourth-order valence-corrected chi connectivity index (χ4v) is 6.29. The summed E-state index contributed by atoms with van der Waals surface area (Å²) in [5.41, 5.74) is 7.22. The molecular weight excluding hydrogens is 339 g/mol. The molecule has 2 aromatic rings. The molecule has 0 radical (unpaired) electrons. The second kappa shape index (κ2) is 7.29. The third-order valence-corrected chi connectivity index (χ3v) is 8.36. The molecule has 0 unspecified atom stereocenters. The van der Waals surface area contributed by atoms with Gasteiger partial charge in [-0.3, -0.25) is 0 Å². The first-order valence-electron chi connectivity index (χ1n) is 8.91. The summed E-state index contributed by atoms with van der Waals surface area (Å²) < 4.78 is 0. The van der Waals surface area contributed by atoms with E-state index in [0.29, 0.717) is 11.1 Å². The van der Waals surface area contributed by atoms with E-state index in [1.807, 2.05) is 72.5 Å². The molecule has 0 aliphatic heterocycles. The van der Waals surface area contributed by atoms with Crippen molar-refractivity contribution in [1.29, 1.82) is 0 Å². The molecule has 0 spiro atoms. The third kappa shape index (κ3) is 3.44. The first kappa shape index (κ1) is 20.3. The zero-order valence-electron chi connectivity index (χ0n) is 16.9. The van der Waals surface area contributed by atoms with Gasteiger partial charge < -0.3 is 0 Å². The molecule has 0 amide bonds. The van der Waals surface area contributed by atoms with Gasteiger partial charge in [0.1, 0.15) is 0 Å². The summed E-state index contributed by atoms with van der Waals surface area (Å²) in [6, 6.07) is 8.02. The maximum absolute atomic E-state index is 13.5.